The summed E-state index contributed by atoms with van der Waals surface area (Å²) in [6.45, 7) is 4.54. The van der Waals surface area contributed by atoms with Crippen molar-refractivity contribution in [1.29, 1.82) is 0 Å². The average molecular weight is 518 g/mol. The van der Waals surface area contributed by atoms with Gasteiger partial charge in [-0.15, -0.1) is 0 Å². The molecule has 0 atom stereocenters. The molecule has 0 aromatic heterocycles. The highest BCUT2D eigenvalue weighted by Gasteiger charge is 2.12. The van der Waals surface area contributed by atoms with E-state index >= 15 is 0 Å². The lowest BCUT2D eigenvalue weighted by atomic mass is 10.2. The van der Waals surface area contributed by atoms with Crippen molar-refractivity contribution in [2.45, 2.75) is 13.2 Å². The summed E-state index contributed by atoms with van der Waals surface area (Å²) < 4.78 is 18.0. The summed E-state index contributed by atoms with van der Waals surface area (Å²) in [7, 11) is 1.65. The molecule has 0 amide bonds. The minimum atomic E-state index is 0.438. The van der Waals surface area contributed by atoms with Gasteiger partial charge in [0, 0.05) is 40.5 Å². The standard InChI is InChI=1S/C25H26BrClN2O3/c1-30-24-14-19(23(26)15-25(24)32-17-18-2-4-20(27)5-3-18)16-28-21-6-8-22(9-7-21)29-10-12-31-13-11-29/h2-9,14-15,28H,10-13,16-17H2,1H3. The number of nitrogens with one attached hydrogen (secondary N) is 1. The van der Waals surface area contributed by atoms with Crippen LogP contribution in [0.5, 0.6) is 11.5 Å². The molecule has 0 bridgehead atoms. The monoisotopic (exact) mass is 516 g/mol. The van der Waals surface area contributed by atoms with Crippen LogP contribution in [0, 0.1) is 0 Å². The van der Waals surface area contributed by atoms with Crippen molar-refractivity contribution in [1.82, 2.24) is 0 Å². The molecule has 168 valence electrons. The number of benzene rings is 3. The van der Waals surface area contributed by atoms with Crippen LogP contribution >= 0.6 is 27.5 Å². The SMILES string of the molecule is COc1cc(CNc2ccc(N3CCOCC3)cc2)c(Br)cc1OCc1ccc(Cl)cc1. The molecule has 1 fully saturated rings. The molecule has 0 saturated carbocycles. The fourth-order valence-electron chi connectivity index (χ4n) is 3.54. The van der Waals surface area contributed by atoms with E-state index in [1.807, 2.05) is 36.4 Å². The highest BCUT2D eigenvalue weighted by atomic mass is 79.9. The molecule has 1 heterocycles. The van der Waals surface area contributed by atoms with E-state index in [-0.39, 0.29) is 0 Å². The number of hydrogen-bond donors (Lipinski definition) is 1. The molecule has 1 aliphatic rings. The minimum absolute atomic E-state index is 0.438. The Morgan fingerprint density at radius 2 is 1.72 bits per heavy atom. The molecule has 32 heavy (non-hydrogen) atoms. The Kier molecular flexibility index (Phi) is 7.79. The first-order valence-electron chi connectivity index (χ1n) is 10.5. The molecule has 5 nitrogen and oxygen atoms in total. The van der Waals surface area contributed by atoms with Gasteiger partial charge in [-0.05, 0) is 59.7 Å². The Labute approximate surface area is 202 Å². The van der Waals surface area contributed by atoms with Gasteiger partial charge < -0.3 is 24.4 Å². The van der Waals surface area contributed by atoms with Crippen LogP contribution in [0.2, 0.25) is 5.02 Å². The average Bonchev–Trinajstić information content (AvgIpc) is 2.84. The molecule has 7 heteroatoms. The molecule has 3 aromatic rings. The summed E-state index contributed by atoms with van der Waals surface area (Å²) >= 11 is 9.62. The van der Waals surface area contributed by atoms with Gasteiger partial charge >= 0.3 is 0 Å². The van der Waals surface area contributed by atoms with Crippen LogP contribution in [-0.2, 0) is 17.9 Å². The van der Waals surface area contributed by atoms with E-state index in [0.717, 1.165) is 47.6 Å². The number of halogens is 2. The number of nitrogens with zero attached hydrogens (tertiary/aromatic N) is 1. The summed E-state index contributed by atoms with van der Waals surface area (Å²) in [5, 5.41) is 4.19. The van der Waals surface area contributed by atoms with E-state index in [1.54, 1.807) is 7.11 Å². The number of ether oxygens (including phenoxy) is 3. The Bertz CT molecular complexity index is 1020. The van der Waals surface area contributed by atoms with Crippen molar-refractivity contribution in [3.05, 3.63) is 81.3 Å². The predicted molar refractivity (Wildman–Crippen MR) is 133 cm³/mol. The third kappa shape index (κ3) is 5.88. The highest BCUT2D eigenvalue weighted by molar-refractivity contribution is 9.10. The quantitative estimate of drug-likeness (QED) is 0.389. The largest absolute Gasteiger partial charge is 0.493 e. The van der Waals surface area contributed by atoms with Gasteiger partial charge in [0.05, 0.1) is 20.3 Å². The first-order chi connectivity index (χ1) is 15.6. The molecule has 1 saturated heterocycles. The predicted octanol–water partition coefficient (Wildman–Crippen LogP) is 6.14. The molecule has 0 unspecified atom stereocenters. The van der Waals surface area contributed by atoms with Gasteiger partial charge in [0.1, 0.15) is 6.61 Å². The first kappa shape index (κ1) is 22.8. The van der Waals surface area contributed by atoms with Gasteiger partial charge in [0.2, 0.25) is 0 Å². The maximum atomic E-state index is 5.99. The molecule has 4 rings (SSSR count). The van der Waals surface area contributed by atoms with Crippen LogP contribution in [0.4, 0.5) is 11.4 Å². The van der Waals surface area contributed by atoms with E-state index in [2.05, 4.69) is 50.4 Å². The molecule has 1 N–H and O–H groups in total. The van der Waals surface area contributed by atoms with Crippen LogP contribution in [0.25, 0.3) is 0 Å². The zero-order chi connectivity index (χ0) is 22.3. The van der Waals surface area contributed by atoms with Crippen molar-refractivity contribution in [3.63, 3.8) is 0 Å². The third-order valence-corrected chi connectivity index (χ3v) is 6.36. The van der Waals surface area contributed by atoms with Crippen molar-refractivity contribution in [2.24, 2.45) is 0 Å². The number of anilines is 2. The molecule has 0 spiro atoms. The van der Waals surface area contributed by atoms with E-state index in [4.69, 9.17) is 25.8 Å². The second-order valence-electron chi connectivity index (χ2n) is 7.51. The molecule has 3 aromatic carbocycles. The van der Waals surface area contributed by atoms with Crippen LogP contribution in [0.1, 0.15) is 11.1 Å². The third-order valence-electron chi connectivity index (χ3n) is 5.37. The molecular weight excluding hydrogens is 492 g/mol. The van der Waals surface area contributed by atoms with E-state index < -0.39 is 0 Å². The number of rotatable bonds is 8. The van der Waals surface area contributed by atoms with Crippen molar-refractivity contribution >= 4 is 38.9 Å². The molecular formula is C25H26BrClN2O3. The maximum Gasteiger partial charge on any atom is 0.162 e. The molecule has 0 aliphatic carbocycles. The van der Waals surface area contributed by atoms with Crippen molar-refractivity contribution in [3.8, 4) is 11.5 Å². The van der Waals surface area contributed by atoms with Crippen LogP contribution < -0.4 is 19.7 Å². The van der Waals surface area contributed by atoms with E-state index in [1.165, 1.54) is 5.69 Å². The Hall–Kier alpha value is -2.41. The lowest BCUT2D eigenvalue weighted by molar-refractivity contribution is 0.122. The van der Waals surface area contributed by atoms with Gasteiger partial charge in [0.15, 0.2) is 11.5 Å². The number of morpholine rings is 1. The summed E-state index contributed by atoms with van der Waals surface area (Å²) in [4.78, 5) is 2.34. The summed E-state index contributed by atoms with van der Waals surface area (Å²) in [5.74, 6) is 1.38. The summed E-state index contributed by atoms with van der Waals surface area (Å²) in [6.07, 6.45) is 0. The fourth-order valence-corrected chi connectivity index (χ4v) is 4.12. The fraction of sp³-hybridized carbons (Fsp3) is 0.280. The zero-order valence-corrected chi connectivity index (χ0v) is 20.3. The second kappa shape index (κ2) is 10.9. The van der Waals surface area contributed by atoms with Crippen LogP contribution in [0.3, 0.4) is 0 Å². The zero-order valence-electron chi connectivity index (χ0n) is 17.9. The van der Waals surface area contributed by atoms with Gasteiger partial charge in [-0.2, -0.15) is 0 Å². The topological polar surface area (TPSA) is 43.0 Å². The number of methoxy groups -OCH3 is 1. The lowest BCUT2D eigenvalue weighted by Gasteiger charge is -2.29. The van der Waals surface area contributed by atoms with Crippen molar-refractivity contribution < 1.29 is 14.2 Å². The normalized spacial score (nSPS) is 13.7. The lowest BCUT2D eigenvalue weighted by Crippen LogP contribution is -2.36. The maximum absolute atomic E-state index is 5.99. The minimum Gasteiger partial charge on any atom is -0.493 e. The second-order valence-corrected chi connectivity index (χ2v) is 8.80. The highest BCUT2D eigenvalue weighted by Crippen LogP contribution is 2.34. The first-order valence-corrected chi connectivity index (χ1v) is 11.7. The van der Waals surface area contributed by atoms with Crippen LogP contribution in [0.15, 0.2) is 65.1 Å². The Balaban J connectivity index is 1.38. The van der Waals surface area contributed by atoms with Gasteiger partial charge in [-0.25, -0.2) is 0 Å². The van der Waals surface area contributed by atoms with E-state index in [0.29, 0.717) is 29.7 Å². The van der Waals surface area contributed by atoms with Crippen molar-refractivity contribution in [2.75, 3.05) is 43.6 Å². The van der Waals surface area contributed by atoms with Crippen LogP contribution in [-0.4, -0.2) is 33.4 Å². The summed E-state index contributed by atoms with van der Waals surface area (Å²) in [6, 6.07) is 20.1. The number of hydrogen-bond acceptors (Lipinski definition) is 5. The van der Waals surface area contributed by atoms with Gasteiger partial charge in [0.25, 0.3) is 0 Å². The Morgan fingerprint density at radius 3 is 2.41 bits per heavy atom. The summed E-state index contributed by atoms with van der Waals surface area (Å²) in [5.41, 5.74) is 4.41. The molecule has 0 radical (unpaired) electrons. The smallest absolute Gasteiger partial charge is 0.162 e. The van der Waals surface area contributed by atoms with E-state index in [9.17, 15) is 0 Å². The molecule has 1 aliphatic heterocycles. The Morgan fingerprint density at radius 1 is 1.00 bits per heavy atom. The van der Waals surface area contributed by atoms with Gasteiger partial charge in [-0.3, -0.25) is 0 Å². The van der Waals surface area contributed by atoms with Gasteiger partial charge in [-0.1, -0.05) is 39.7 Å².